The van der Waals surface area contributed by atoms with Crippen LogP contribution in [0.25, 0.3) is 0 Å². The Morgan fingerprint density at radius 3 is 2.67 bits per heavy atom. The van der Waals surface area contributed by atoms with Crippen molar-refractivity contribution in [3.63, 3.8) is 0 Å². The number of rotatable bonds is 5. The zero-order valence-corrected chi connectivity index (χ0v) is 13.7. The average molecular weight is 296 g/mol. The molecule has 2 aliphatic rings. The van der Waals surface area contributed by atoms with E-state index < -0.39 is 0 Å². The predicted molar refractivity (Wildman–Crippen MR) is 84.9 cm³/mol. The monoisotopic (exact) mass is 296 g/mol. The Hall–Kier alpha value is -0.610. The highest BCUT2D eigenvalue weighted by atomic mass is 16.5. The van der Waals surface area contributed by atoms with Gasteiger partial charge in [0, 0.05) is 12.1 Å². The first-order chi connectivity index (χ1) is 10.0. The van der Waals surface area contributed by atoms with Crippen LogP contribution in [0.2, 0.25) is 0 Å². The number of ether oxygens (including phenoxy) is 1. The fourth-order valence-electron chi connectivity index (χ4n) is 3.83. The van der Waals surface area contributed by atoms with Crippen LogP contribution >= 0.6 is 0 Å². The number of amides is 1. The normalized spacial score (nSPS) is 37.2. The fourth-order valence-corrected chi connectivity index (χ4v) is 3.83. The molecule has 21 heavy (non-hydrogen) atoms. The van der Waals surface area contributed by atoms with Gasteiger partial charge in [0.25, 0.3) is 0 Å². The molecule has 3 N–H and O–H groups in total. The molecule has 2 aliphatic carbocycles. The fraction of sp³-hybridized carbons (Fsp3) is 0.941. The van der Waals surface area contributed by atoms with E-state index in [4.69, 9.17) is 10.5 Å². The summed E-state index contributed by atoms with van der Waals surface area (Å²) in [4.78, 5) is 12.3. The van der Waals surface area contributed by atoms with Crippen molar-refractivity contribution in [1.82, 2.24) is 5.32 Å². The lowest BCUT2D eigenvalue weighted by Gasteiger charge is -2.37. The third-order valence-electron chi connectivity index (χ3n) is 5.34. The highest BCUT2D eigenvalue weighted by Gasteiger charge is 2.37. The summed E-state index contributed by atoms with van der Waals surface area (Å²) >= 11 is 0. The van der Waals surface area contributed by atoms with Crippen molar-refractivity contribution in [2.75, 3.05) is 13.2 Å². The van der Waals surface area contributed by atoms with Crippen LogP contribution < -0.4 is 11.1 Å². The highest BCUT2D eigenvalue weighted by molar-refractivity contribution is 5.80. The van der Waals surface area contributed by atoms with E-state index in [1.807, 2.05) is 6.92 Å². The smallest absolute Gasteiger partial charge is 0.225 e. The van der Waals surface area contributed by atoms with Crippen LogP contribution in [0.4, 0.5) is 0 Å². The lowest BCUT2D eigenvalue weighted by Crippen LogP contribution is -2.53. The quantitative estimate of drug-likeness (QED) is 0.767. The van der Waals surface area contributed by atoms with Gasteiger partial charge in [-0.15, -0.1) is 0 Å². The molecule has 1 amide bonds. The van der Waals surface area contributed by atoms with E-state index in [0.29, 0.717) is 25.2 Å². The molecular weight excluding hydrogens is 264 g/mol. The first kappa shape index (κ1) is 16.8. The van der Waals surface area contributed by atoms with Crippen molar-refractivity contribution in [3.8, 4) is 0 Å². The molecule has 4 nitrogen and oxygen atoms in total. The molecular formula is C17H32N2O2. The van der Waals surface area contributed by atoms with Crippen LogP contribution in [0, 0.1) is 11.8 Å². The molecule has 2 saturated carbocycles. The Labute approximate surface area is 129 Å². The Bertz CT molecular complexity index is 344. The molecule has 2 rings (SSSR count). The number of hydrogen-bond acceptors (Lipinski definition) is 3. The lowest BCUT2D eigenvalue weighted by atomic mass is 9.74. The largest absolute Gasteiger partial charge is 0.376 e. The van der Waals surface area contributed by atoms with E-state index in [9.17, 15) is 4.79 Å². The Morgan fingerprint density at radius 1 is 1.24 bits per heavy atom. The third-order valence-corrected chi connectivity index (χ3v) is 5.34. The molecule has 0 radical (unpaired) electrons. The summed E-state index contributed by atoms with van der Waals surface area (Å²) in [6, 6.07) is 0. The summed E-state index contributed by atoms with van der Waals surface area (Å²) < 4.78 is 5.94. The van der Waals surface area contributed by atoms with Crippen molar-refractivity contribution in [3.05, 3.63) is 0 Å². The van der Waals surface area contributed by atoms with Gasteiger partial charge in [0.15, 0.2) is 0 Å². The standard InChI is InChI=1S/C17H32N2O2/c1-13-7-3-4-9-15(13)21-12-11-19-16(20)14-8-5-6-10-17(14,2)18/h13-15H,3-12,18H2,1-2H3,(H,19,20). The number of carbonyl (C=O) groups excluding carboxylic acids is 1. The summed E-state index contributed by atoms with van der Waals surface area (Å²) in [7, 11) is 0. The SMILES string of the molecule is CC1CCCCC1OCCNC(=O)C1CCCCC1(C)N. The molecule has 0 bridgehead atoms. The van der Waals surface area contributed by atoms with Crippen molar-refractivity contribution < 1.29 is 9.53 Å². The zero-order valence-electron chi connectivity index (χ0n) is 13.7. The van der Waals surface area contributed by atoms with Gasteiger partial charge >= 0.3 is 0 Å². The molecule has 0 aromatic carbocycles. The average Bonchev–Trinajstić information content (AvgIpc) is 2.44. The predicted octanol–water partition coefficient (Wildman–Crippen LogP) is 2.61. The van der Waals surface area contributed by atoms with Gasteiger partial charge in [-0.2, -0.15) is 0 Å². The molecule has 4 atom stereocenters. The molecule has 0 aromatic rings. The van der Waals surface area contributed by atoms with Gasteiger partial charge in [-0.25, -0.2) is 0 Å². The van der Waals surface area contributed by atoms with E-state index in [0.717, 1.165) is 25.7 Å². The maximum absolute atomic E-state index is 12.3. The molecule has 0 saturated heterocycles. The second kappa shape index (κ2) is 7.59. The van der Waals surface area contributed by atoms with Crippen LogP contribution in [0.3, 0.4) is 0 Å². The molecule has 4 heteroatoms. The minimum Gasteiger partial charge on any atom is -0.376 e. The Kier molecular flexibility index (Phi) is 6.06. The van der Waals surface area contributed by atoms with Crippen LogP contribution in [0.15, 0.2) is 0 Å². The van der Waals surface area contributed by atoms with Gasteiger partial charge < -0.3 is 15.8 Å². The minimum atomic E-state index is -0.346. The maximum atomic E-state index is 12.3. The Balaban J connectivity index is 1.67. The van der Waals surface area contributed by atoms with Gasteiger partial charge in [0.05, 0.1) is 18.6 Å². The van der Waals surface area contributed by atoms with Crippen molar-refractivity contribution >= 4 is 5.91 Å². The lowest BCUT2D eigenvalue weighted by molar-refractivity contribution is -0.128. The van der Waals surface area contributed by atoms with E-state index in [1.165, 1.54) is 25.7 Å². The maximum Gasteiger partial charge on any atom is 0.225 e. The second-order valence-corrected chi connectivity index (χ2v) is 7.27. The van der Waals surface area contributed by atoms with E-state index in [2.05, 4.69) is 12.2 Å². The van der Waals surface area contributed by atoms with Crippen LogP contribution in [0.5, 0.6) is 0 Å². The summed E-state index contributed by atoms with van der Waals surface area (Å²) in [6.45, 7) is 5.50. The first-order valence-electron chi connectivity index (χ1n) is 8.69. The van der Waals surface area contributed by atoms with Gasteiger partial charge in [-0.05, 0) is 38.5 Å². The van der Waals surface area contributed by atoms with Crippen molar-refractivity contribution in [1.29, 1.82) is 0 Å². The number of nitrogens with one attached hydrogen (secondary N) is 1. The van der Waals surface area contributed by atoms with Gasteiger partial charge in [-0.1, -0.05) is 32.6 Å². The molecule has 0 aliphatic heterocycles. The molecule has 0 aromatic heterocycles. The van der Waals surface area contributed by atoms with Gasteiger partial charge in [0.1, 0.15) is 0 Å². The molecule has 0 spiro atoms. The van der Waals surface area contributed by atoms with Crippen molar-refractivity contribution in [2.45, 2.75) is 76.9 Å². The van der Waals surface area contributed by atoms with E-state index in [1.54, 1.807) is 0 Å². The summed E-state index contributed by atoms with van der Waals surface area (Å²) in [6.07, 6.45) is 9.53. The minimum absolute atomic E-state index is 0.0418. The van der Waals surface area contributed by atoms with Crippen LogP contribution in [-0.4, -0.2) is 30.7 Å². The van der Waals surface area contributed by atoms with Gasteiger partial charge in [0.2, 0.25) is 5.91 Å². The van der Waals surface area contributed by atoms with Crippen LogP contribution in [-0.2, 0) is 9.53 Å². The number of nitrogens with two attached hydrogens (primary N) is 1. The van der Waals surface area contributed by atoms with E-state index >= 15 is 0 Å². The zero-order chi connectivity index (χ0) is 15.3. The second-order valence-electron chi connectivity index (χ2n) is 7.27. The molecule has 122 valence electrons. The van der Waals surface area contributed by atoms with Crippen LogP contribution in [0.1, 0.15) is 65.2 Å². The number of carbonyl (C=O) groups is 1. The summed E-state index contributed by atoms with van der Waals surface area (Å²) in [5.74, 6) is 0.722. The Morgan fingerprint density at radius 2 is 1.95 bits per heavy atom. The van der Waals surface area contributed by atoms with E-state index in [-0.39, 0.29) is 17.4 Å². The summed E-state index contributed by atoms with van der Waals surface area (Å²) in [5, 5.41) is 3.02. The molecule has 0 heterocycles. The first-order valence-corrected chi connectivity index (χ1v) is 8.69. The molecule has 4 unspecified atom stereocenters. The van der Waals surface area contributed by atoms with Crippen molar-refractivity contribution in [2.24, 2.45) is 17.6 Å². The highest BCUT2D eigenvalue weighted by Crippen LogP contribution is 2.31. The topological polar surface area (TPSA) is 64.3 Å². The number of hydrogen-bond donors (Lipinski definition) is 2. The molecule has 2 fully saturated rings. The summed E-state index contributed by atoms with van der Waals surface area (Å²) in [5.41, 5.74) is 5.92. The van der Waals surface area contributed by atoms with Gasteiger partial charge in [-0.3, -0.25) is 4.79 Å². The third kappa shape index (κ3) is 4.68.